The number of thioether (sulfide) groups is 1. The highest BCUT2D eigenvalue weighted by Gasteiger charge is 2.58. The van der Waals surface area contributed by atoms with Gasteiger partial charge >= 0.3 is 11.4 Å². The first-order chi connectivity index (χ1) is 5.17. The Hall–Kier alpha value is -0.530. The fraction of sp³-hybridized carbons (Fsp3) is 0.750. The standard InChI is InChI=1S/C4H4F5NOS/c5-3(6,7)4(8,9)12-1-2(10)11/h1H2,(H2,10,11). The van der Waals surface area contributed by atoms with E-state index in [2.05, 4.69) is 5.73 Å². The molecule has 0 heterocycles. The quantitative estimate of drug-likeness (QED) is 0.713. The van der Waals surface area contributed by atoms with Crippen LogP contribution in [0.25, 0.3) is 0 Å². The molecule has 2 nitrogen and oxygen atoms in total. The van der Waals surface area contributed by atoms with Gasteiger partial charge in [-0.2, -0.15) is 22.0 Å². The highest BCUT2D eigenvalue weighted by molar-refractivity contribution is 8.01. The maximum atomic E-state index is 11.9. The molecule has 1 amide bonds. The van der Waals surface area contributed by atoms with Gasteiger partial charge in [0.25, 0.3) is 0 Å². The molecule has 0 bridgehead atoms. The molecule has 0 unspecified atom stereocenters. The van der Waals surface area contributed by atoms with E-state index in [0.717, 1.165) is 0 Å². The van der Waals surface area contributed by atoms with Crippen molar-refractivity contribution in [3.05, 3.63) is 0 Å². The Balaban J connectivity index is 4.14. The molecule has 0 aromatic heterocycles. The Morgan fingerprint density at radius 3 is 1.92 bits per heavy atom. The van der Waals surface area contributed by atoms with Crippen LogP contribution in [0, 0.1) is 0 Å². The summed E-state index contributed by atoms with van der Waals surface area (Å²) in [4.78, 5) is 9.87. The maximum absolute atomic E-state index is 11.9. The first-order valence-corrected chi connectivity index (χ1v) is 3.52. The minimum absolute atomic E-state index is 0.839. The Morgan fingerprint density at radius 2 is 1.67 bits per heavy atom. The SMILES string of the molecule is NC(=O)CSC(F)(F)C(F)(F)F. The van der Waals surface area contributed by atoms with Crippen molar-refractivity contribution in [1.29, 1.82) is 0 Å². The lowest BCUT2D eigenvalue weighted by Gasteiger charge is -2.17. The summed E-state index contributed by atoms with van der Waals surface area (Å²) in [6, 6.07) is 0. The van der Waals surface area contributed by atoms with E-state index < -0.39 is 34.9 Å². The van der Waals surface area contributed by atoms with Gasteiger partial charge in [0.1, 0.15) is 0 Å². The molecule has 0 aliphatic carbocycles. The number of alkyl halides is 5. The van der Waals surface area contributed by atoms with E-state index >= 15 is 0 Å². The molecule has 12 heavy (non-hydrogen) atoms. The summed E-state index contributed by atoms with van der Waals surface area (Å²) in [5.74, 6) is -2.28. The largest absolute Gasteiger partial charge is 0.464 e. The van der Waals surface area contributed by atoms with Gasteiger partial charge in [0.2, 0.25) is 5.91 Å². The van der Waals surface area contributed by atoms with Crippen molar-refractivity contribution < 1.29 is 26.7 Å². The number of carbonyl (C=O) groups is 1. The van der Waals surface area contributed by atoms with E-state index in [1.54, 1.807) is 0 Å². The zero-order valence-electron chi connectivity index (χ0n) is 5.49. The highest BCUT2D eigenvalue weighted by atomic mass is 32.2. The van der Waals surface area contributed by atoms with Crippen molar-refractivity contribution >= 4 is 17.7 Å². The third-order valence-corrected chi connectivity index (χ3v) is 1.75. The van der Waals surface area contributed by atoms with Crippen LogP contribution < -0.4 is 5.73 Å². The van der Waals surface area contributed by atoms with Gasteiger partial charge in [-0.3, -0.25) is 4.79 Å². The van der Waals surface area contributed by atoms with Crippen LogP contribution in [0.3, 0.4) is 0 Å². The molecule has 0 aliphatic rings. The Morgan fingerprint density at radius 1 is 1.25 bits per heavy atom. The van der Waals surface area contributed by atoms with Gasteiger partial charge in [-0.25, -0.2) is 0 Å². The molecule has 0 aliphatic heterocycles. The number of halogens is 5. The Kier molecular flexibility index (Phi) is 3.31. The molecule has 0 fully saturated rings. The van der Waals surface area contributed by atoms with Gasteiger partial charge in [-0.05, 0) is 0 Å². The average Bonchev–Trinajstić information content (AvgIpc) is 1.81. The lowest BCUT2D eigenvalue weighted by atomic mass is 10.7. The van der Waals surface area contributed by atoms with Crippen molar-refractivity contribution in [2.75, 3.05) is 5.75 Å². The molecule has 0 atom stereocenters. The summed E-state index contributed by atoms with van der Waals surface area (Å²) >= 11 is -0.839. The van der Waals surface area contributed by atoms with Gasteiger partial charge in [0, 0.05) is 0 Å². The predicted molar refractivity (Wildman–Crippen MR) is 32.7 cm³/mol. The van der Waals surface area contributed by atoms with Gasteiger partial charge in [0.05, 0.1) is 5.75 Å². The monoisotopic (exact) mass is 209 g/mol. The Bertz CT molecular complexity index is 179. The third-order valence-electron chi connectivity index (χ3n) is 0.726. The van der Waals surface area contributed by atoms with Crippen LogP contribution in [-0.4, -0.2) is 23.1 Å². The van der Waals surface area contributed by atoms with E-state index in [1.807, 2.05) is 0 Å². The van der Waals surface area contributed by atoms with Gasteiger partial charge in [0.15, 0.2) is 0 Å². The lowest BCUT2D eigenvalue weighted by Crippen LogP contribution is -2.34. The summed E-state index contributed by atoms with van der Waals surface area (Å²) in [5, 5.41) is -4.91. The molecule has 72 valence electrons. The van der Waals surface area contributed by atoms with Gasteiger partial charge in [-0.1, -0.05) is 11.8 Å². The zero-order valence-corrected chi connectivity index (χ0v) is 6.31. The number of hydrogen-bond donors (Lipinski definition) is 1. The van der Waals surface area contributed by atoms with E-state index in [4.69, 9.17) is 0 Å². The first-order valence-electron chi connectivity index (χ1n) is 2.53. The minimum Gasteiger partial charge on any atom is -0.369 e. The topological polar surface area (TPSA) is 43.1 Å². The maximum Gasteiger partial charge on any atom is 0.464 e. The molecule has 0 saturated heterocycles. The smallest absolute Gasteiger partial charge is 0.369 e. The number of rotatable bonds is 3. The number of nitrogens with two attached hydrogens (primary N) is 1. The second-order valence-electron chi connectivity index (χ2n) is 1.77. The fourth-order valence-corrected chi connectivity index (χ4v) is 0.731. The average molecular weight is 209 g/mol. The molecule has 0 aromatic carbocycles. The van der Waals surface area contributed by atoms with E-state index in [-0.39, 0.29) is 0 Å². The molecular formula is C4H4F5NOS. The second-order valence-corrected chi connectivity index (χ2v) is 2.86. The van der Waals surface area contributed by atoms with Crippen molar-refractivity contribution in [2.45, 2.75) is 11.4 Å². The summed E-state index contributed by atoms with van der Waals surface area (Å²) < 4.78 is 57.9. The first kappa shape index (κ1) is 11.5. The van der Waals surface area contributed by atoms with Crippen LogP contribution in [0.5, 0.6) is 0 Å². The van der Waals surface area contributed by atoms with E-state index in [1.165, 1.54) is 0 Å². The van der Waals surface area contributed by atoms with Crippen molar-refractivity contribution in [1.82, 2.24) is 0 Å². The van der Waals surface area contributed by atoms with Crippen LogP contribution in [0.15, 0.2) is 0 Å². The van der Waals surface area contributed by atoms with Crippen LogP contribution in [-0.2, 0) is 4.79 Å². The zero-order chi connectivity index (χ0) is 9.99. The van der Waals surface area contributed by atoms with E-state index in [9.17, 15) is 26.7 Å². The van der Waals surface area contributed by atoms with Gasteiger partial charge in [-0.15, -0.1) is 0 Å². The van der Waals surface area contributed by atoms with Gasteiger partial charge < -0.3 is 5.73 Å². The fourth-order valence-electron chi connectivity index (χ4n) is 0.244. The second kappa shape index (κ2) is 3.46. The molecule has 2 N–H and O–H groups in total. The molecule has 0 saturated carbocycles. The summed E-state index contributed by atoms with van der Waals surface area (Å²) in [7, 11) is 0. The van der Waals surface area contributed by atoms with Crippen molar-refractivity contribution in [3.63, 3.8) is 0 Å². The third kappa shape index (κ3) is 3.24. The molecule has 0 spiro atoms. The van der Waals surface area contributed by atoms with Crippen LogP contribution in [0.1, 0.15) is 0 Å². The summed E-state index contributed by atoms with van der Waals surface area (Å²) in [6.07, 6.45) is -5.65. The van der Waals surface area contributed by atoms with Crippen LogP contribution in [0.2, 0.25) is 0 Å². The molecule has 0 aromatic rings. The summed E-state index contributed by atoms with van der Waals surface area (Å²) in [6.45, 7) is 0. The molecule has 0 radical (unpaired) electrons. The normalized spacial score (nSPS) is 13.1. The molecular weight excluding hydrogens is 205 g/mol. The summed E-state index contributed by atoms with van der Waals surface area (Å²) in [5.41, 5.74) is 4.38. The number of carbonyl (C=O) groups excluding carboxylic acids is 1. The van der Waals surface area contributed by atoms with Crippen molar-refractivity contribution in [3.8, 4) is 0 Å². The van der Waals surface area contributed by atoms with E-state index in [0.29, 0.717) is 0 Å². The predicted octanol–water partition coefficient (Wildman–Crippen LogP) is 1.36. The highest BCUT2D eigenvalue weighted by Crippen LogP contribution is 2.43. The number of primary amides is 1. The van der Waals surface area contributed by atoms with Crippen LogP contribution in [0.4, 0.5) is 22.0 Å². The van der Waals surface area contributed by atoms with Crippen molar-refractivity contribution in [2.24, 2.45) is 5.73 Å². The molecule has 8 heteroatoms. The number of hydrogen-bond acceptors (Lipinski definition) is 2. The van der Waals surface area contributed by atoms with Crippen LogP contribution >= 0.6 is 11.8 Å². The number of amides is 1. The molecule has 0 rings (SSSR count). The minimum atomic E-state index is -5.65. The Labute approximate surface area is 68.3 Å². The lowest BCUT2D eigenvalue weighted by molar-refractivity contribution is -0.237.